The lowest BCUT2D eigenvalue weighted by Crippen LogP contribution is -2.20. The summed E-state index contributed by atoms with van der Waals surface area (Å²) in [5.74, 6) is 0.661. The lowest BCUT2D eigenvalue weighted by atomic mass is 10.1. The van der Waals surface area contributed by atoms with E-state index >= 15 is 0 Å². The van der Waals surface area contributed by atoms with Crippen molar-refractivity contribution in [1.82, 2.24) is 5.32 Å². The highest BCUT2D eigenvalue weighted by molar-refractivity contribution is 4.84. The Labute approximate surface area is 56.6 Å². The van der Waals surface area contributed by atoms with Gasteiger partial charge in [0.15, 0.2) is 0 Å². The van der Waals surface area contributed by atoms with E-state index in [2.05, 4.69) is 26.1 Å². The maximum atomic E-state index is 5.31. The van der Waals surface area contributed by atoms with Crippen LogP contribution in [0.15, 0.2) is 0 Å². The van der Waals surface area contributed by atoms with E-state index in [1.54, 1.807) is 0 Å². The maximum Gasteiger partial charge on any atom is 0.135 e. The van der Waals surface area contributed by atoms with Crippen LogP contribution in [0.1, 0.15) is 20.8 Å². The summed E-state index contributed by atoms with van der Waals surface area (Å²) >= 11 is 0. The minimum absolute atomic E-state index is 0.356. The molecule has 0 bridgehead atoms. The van der Waals surface area contributed by atoms with Crippen molar-refractivity contribution in [2.24, 2.45) is 5.92 Å². The molecule has 1 aliphatic heterocycles. The van der Waals surface area contributed by atoms with Crippen LogP contribution < -0.4 is 5.32 Å². The molecule has 0 amide bonds. The van der Waals surface area contributed by atoms with E-state index in [1.165, 1.54) is 0 Å². The minimum atomic E-state index is 0.356. The molecule has 0 aromatic heterocycles. The van der Waals surface area contributed by atoms with Gasteiger partial charge in [-0.25, -0.2) is 0 Å². The molecule has 2 atom stereocenters. The Balaban J connectivity index is 2.09. The number of likely N-dealkylation sites (N-methyl/N-ethyl adjacent to an activating group) is 1. The fourth-order valence-corrected chi connectivity index (χ4v) is 0.996. The zero-order chi connectivity index (χ0) is 6.85. The SMILES string of the molecule is CCNC1OC1C(C)C. The molecule has 1 aliphatic rings. The first-order valence-corrected chi connectivity index (χ1v) is 3.64. The van der Waals surface area contributed by atoms with Gasteiger partial charge in [-0.2, -0.15) is 0 Å². The monoisotopic (exact) mass is 129 g/mol. The average molecular weight is 129 g/mol. The molecule has 1 N–H and O–H groups in total. The van der Waals surface area contributed by atoms with Crippen molar-refractivity contribution >= 4 is 0 Å². The highest BCUT2D eigenvalue weighted by atomic mass is 16.6. The van der Waals surface area contributed by atoms with Gasteiger partial charge in [0.25, 0.3) is 0 Å². The third-order valence-electron chi connectivity index (χ3n) is 1.59. The van der Waals surface area contributed by atoms with Crippen LogP contribution >= 0.6 is 0 Å². The van der Waals surface area contributed by atoms with Gasteiger partial charge in [-0.15, -0.1) is 0 Å². The smallest absolute Gasteiger partial charge is 0.135 e. The zero-order valence-electron chi connectivity index (χ0n) is 6.35. The fraction of sp³-hybridized carbons (Fsp3) is 1.00. The van der Waals surface area contributed by atoms with Crippen molar-refractivity contribution in [3.8, 4) is 0 Å². The van der Waals surface area contributed by atoms with Crippen LogP contribution in [0, 0.1) is 5.92 Å². The van der Waals surface area contributed by atoms with Gasteiger partial charge >= 0.3 is 0 Å². The van der Waals surface area contributed by atoms with Crippen LogP contribution in [0.25, 0.3) is 0 Å². The summed E-state index contributed by atoms with van der Waals surface area (Å²) in [7, 11) is 0. The molecule has 0 aromatic rings. The lowest BCUT2D eigenvalue weighted by Gasteiger charge is -1.96. The van der Waals surface area contributed by atoms with E-state index in [1.807, 2.05) is 0 Å². The van der Waals surface area contributed by atoms with Gasteiger partial charge in [0.05, 0.1) is 0 Å². The third kappa shape index (κ3) is 1.66. The number of hydrogen-bond acceptors (Lipinski definition) is 2. The average Bonchev–Trinajstić information content (AvgIpc) is 2.47. The number of ether oxygens (including phenoxy) is 1. The van der Waals surface area contributed by atoms with E-state index < -0.39 is 0 Å². The molecule has 54 valence electrons. The quantitative estimate of drug-likeness (QED) is 0.574. The molecule has 2 nitrogen and oxygen atoms in total. The van der Waals surface area contributed by atoms with Crippen LogP contribution in [0.4, 0.5) is 0 Å². The Morgan fingerprint density at radius 3 is 2.56 bits per heavy atom. The van der Waals surface area contributed by atoms with Crippen molar-refractivity contribution in [2.45, 2.75) is 33.1 Å². The molecular formula is C7H15NO. The molecule has 0 aliphatic carbocycles. The molecule has 0 aromatic carbocycles. The summed E-state index contributed by atoms with van der Waals surface area (Å²) in [6, 6.07) is 0. The van der Waals surface area contributed by atoms with Gasteiger partial charge < -0.3 is 4.74 Å². The first kappa shape index (κ1) is 7.03. The minimum Gasteiger partial charge on any atom is -0.353 e. The van der Waals surface area contributed by atoms with Gasteiger partial charge in [0.2, 0.25) is 0 Å². The second-order valence-electron chi connectivity index (χ2n) is 2.82. The number of nitrogens with one attached hydrogen (secondary N) is 1. The molecule has 1 rings (SSSR count). The highest BCUT2D eigenvalue weighted by Crippen LogP contribution is 2.26. The van der Waals surface area contributed by atoms with Gasteiger partial charge in [-0.05, 0) is 12.5 Å². The molecule has 2 heteroatoms. The van der Waals surface area contributed by atoms with Crippen molar-refractivity contribution in [2.75, 3.05) is 6.54 Å². The fourth-order valence-electron chi connectivity index (χ4n) is 0.996. The molecule has 0 spiro atoms. The Bertz CT molecular complexity index is 92.9. The van der Waals surface area contributed by atoms with Crippen LogP contribution in [-0.2, 0) is 4.74 Å². The summed E-state index contributed by atoms with van der Waals surface area (Å²) in [6.07, 6.45) is 0.833. The summed E-state index contributed by atoms with van der Waals surface area (Å²) in [6.45, 7) is 7.47. The van der Waals surface area contributed by atoms with Gasteiger partial charge in [-0.1, -0.05) is 20.8 Å². The summed E-state index contributed by atoms with van der Waals surface area (Å²) in [5.41, 5.74) is 0. The Morgan fingerprint density at radius 2 is 2.22 bits per heavy atom. The summed E-state index contributed by atoms with van der Waals surface area (Å²) < 4.78 is 5.31. The second kappa shape index (κ2) is 2.67. The zero-order valence-corrected chi connectivity index (χ0v) is 6.35. The topological polar surface area (TPSA) is 24.6 Å². The van der Waals surface area contributed by atoms with Crippen LogP contribution in [0.2, 0.25) is 0 Å². The van der Waals surface area contributed by atoms with Crippen LogP contribution in [-0.4, -0.2) is 18.9 Å². The predicted octanol–water partition coefficient (Wildman–Crippen LogP) is 0.977. The first-order chi connectivity index (χ1) is 4.25. The molecule has 0 saturated carbocycles. The molecule has 0 radical (unpaired) electrons. The first-order valence-electron chi connectivity index (χ1n) is 3.64. The van der Waals surface area contributed by atoms with Gasteiger partial charge in [-0.3, -0.25) is 5.32 Å². The molecular weight excluding hydrogens is 114 g/mol. The maximum absolute atomic E-state index is 5.31. The van der Waals surface area contributed by atoms with E-state index in [0.717, 1.165) is 6.54 Å². The van der Waals surface area contributed by atoms with Crippen molar-refractivity contribution < 1.29 is 4.74 Å². The Morgan fingerprint density at radius 1 is 1.56 bits per heavy atom. The molecule has 1 heterocycles. The molecule has 1 fully saturated rings. The second-order valence-corrected chi connectivity index (χ2v) is 2.82. The highest BCUT2D eigenvalue weighted by Gasteiger charge is 2.40. The molecule has 9 heavy (non-hydrogen) atoms. The largest absolute Gasteiger partial charge is 0.353 e. The van der Waals surface area contributed by atoms with E-state index in [0.29, 0.717) is 18.2 Å². The predicted molar refractivity (Wildman–Crippen MR) is 37.2 cm³/mol. The molecule has 1 saturated heterocycles. The standard InChI is InChI=1S/C7H15NO/c1-4-8-7-6(9-7)5(2)3/h5-8H,4H2,1-3H3. The van der Waals surface area contributed by atoms with Crippen LogP contribution in [0.5, 0.6) is 0 Å². The Hall–Kier alpha value is -0.0800. The number of epoxide rings is 1. The normalized spacial score (nSPS) is 33.3. The van der Waals surface area contributed by atoms with Crippen molar-refractivity contribution in [3.05, 3.63) is 0 Å². The molecule has 2 unspecified atom stereocenters. The summed E-state index contributed by atoms with van der Waals surface area (Å²) in [5, 5.41) is 3.23. The van der Waals surface area contributed by atoms with Gasteiger partial charge in [0.1, 0.15) is 12.3 Å². The third-order valence-corrected chi connectivity index (χ3v) is 1.59. The van der Waals surface area contributed by atoms with E-state index in [4.69, 9.17) is 4.74 Å². The van der Waals surface area contributed by atoms with Gasteiger partial charge in [0, 0.05) is 0 Å². The lowest BCUT2D eigenvalue weighted by molar-refractivity contribution is 0.321. The summed E-state index contributed by atoms with van der Waals surface area (Å²) in [4.78, 5) is 0. The van der Waals surface area contributed by atoms with E-state index in [-0.39, 0.29) is 0 Å². The number of hydrogen-bond donors (Lipinski definition) is 1. The van der Waals surface area contributed by atoms with Crippen molar-refractivity contribution in [1.29, 1.82) is 0 Å². The van der Waals surface area contributed by atoms with Crippen LogP contribution in [0.3, 0.4) is 0 Å². The van der Waals surface area contributed by atoms with E-state index in [9.17, 15) is 0 Å². The number of rotatable bonds is 3. The van der Waals surface area contributed by atoms with Crippen molar-refractivity contribution in [3.63, 3.8) is 0 Å². The Kier molecular flexibility index (Phi) is 2.09.